The molecule has 0 bridgehead atoms. The van der Waals surface area contributed by atoms with Crippen LogP contribution in [0.1, 0.15) is 65.5 Å². The van der Waals surface area contributed by atoms with Gasteiger partial charge in [0.25, 0.3) is 5.91 Å². The molecular weight excluding hydrogens is 566 g/mol. The van der Waals surface area contributed by atoms with Crippen molar-refractivity contribution in [3.8, 4) is 0 Å². The normalized spacial score (nSPS) is 13.9. The number of aliphatic hydroxyl groups is 1. The van der Waals surface area contributed by atoms with Crippen LogP contribution in [0.5, 0.6) is 0 Å². The molecule has 0 saturated heterocycles. The van der Waals surface area contributed by atoms with Crippen molar-refractivity contribution >= 4 is 29.8 Å². The van der Waals surface area contributed by atoms with Gasteiger partial charge in [0.1, 0.15) is 30.3 Å². The van der Waals surface area contributed by atoms with Crippen LogP contribution in [0.15, 0.2) is 60.7 Å². The van der Waals surface area contributed by atoms with Crippen LogP contribution in [0, 0.1) is 5.92 Å². The number of imide groups is 1. The number of hydrogen-bond acceptors (Lipinski definition) is 8. The van der Waals surface area contributed by atoms with Gasteiger partial charge in [0.15, 0.2) is 0 Å². The Morgan fingerprint density at radius 1 is 0.886 bits per heavy atom. The van der Waals surface area contributed by atoms with E-state index in [9.17, 15) is 29.1 Å². The molecule has 0 radical (unpaired) electrons. The van der Waals surface area contributed by atoms with Crippen molar-refractivity contribution in [2.75, 3.05) is 6.61 Å². The number of hydrogen-bond donors (Lipinski definition) is 3. The molecule has 0 fully saturated rings. The van der Waals surface area contributed by atoms with Gasteiger partial charge < -0.3 is 25.2 Å². The Bertz CT molecular complexity index is 1250. The number of ether oxygens (including phenoxy) is 2. The van der Waals surface area contributed by atoms with Gasteiger partial charge in [-0.1, -0.05) is 80.9 Å². The fraction of sp³-hybridized carbons (Fsp3) is 0.485. The highest BCUT2D eigenvalue weighted by Gasteiger charge is 2.41. The molecule has 240 valence electrons. The molecule has 3 N–H and O–H groups in total. The molecule has 4 amide bonds. The summed E-state index contributed by atoms with van der Waals surface area (Å²) in [5.41, 5.74) is 0.559. The molecule has 0 aromatic heterocycles. The van der Waals surface area contributed by atoms with E-state index in [-0.39, 0.29) is 13.0 Å². The van der Waals surface area contributed by atoms with Crippen molar-refractivity contribution in [1.29, 1.82) is 0 Å². The van der Waals surface area contributed by atoms with Crippen LogP contribution in [0.4, 0.5) is 4.79 Å². The quantitative estimate of drug-likeness (QED) is 0.275. The van der Waals surface area contributed by atoms with E-state index >= 15 is 0 Å². The first-order valence-electron chi connectivity index (χ1n) is 14.8. The lowest BCUT2D eigenvalue weighted by molar-refractivity contribution is -0.155. The summed E-state index contributed by atoms with van der Waals surface area (Å²) in [6.07, 6.45) is -0.933. The van der Waals surface area contributed by atoms with Crippen LogP contribution in [-0.2, 0) is 41.7 Å². The zero-order valence-corrected chi connectivity index (χ0v) is 26.4. The van der Waals surface area contributed by atoms with Gasteiger partial charge in [0.05, 0.1) is 13.0 Å². The minimum Gasteiger partial charge on any atom is -0.459 e. The molecule has 4 atom stereocenters. The van der Waals surface area contributed by atoms with E-state index in [1.807, 2.05) is 25.1 Å². The number of carbonyl (C=O) groups is 5. The lowest BCUT2D eigenvalue weighted by atomic mass is 9.95. The van der Waals surface area contributed by atoms with Gasteiger partial charge in [-0.3, -0.25) is 19.3 Å². The molecular formula is C33H45N3O8. The maximum absolute atomic E-state index is 14.2. The number of alkyl carbamates (subject to hydrolysis) is 1. The number of aliphatic hydroxyl groups excluding tert-OH is 1. The van der Waals surface area contributed by atoms with Gasteiger partial charge >= 0.3 is 12.1 Å². The molecule has 0 aliphatic carbocycles. The van der Waals surface area contributed by atoms with Crippen molar-refractivity contribution in [2.24, 2.45) is 5.92 Å². The highest BCUT2D eigenvalue weighted by atomic mass is 16.6. The molecule has 0 aliphatic heterocycles. The Hall–Kier alpha value is -4.25. The highest BCUT2D eigenvalue weighted by Crippen LogP contribution is 2.19. The molecule has 11 nitrogen and oxygen atoms in total. The third-order valence-corrected chi connectivity index (χ3v) is 6.81. The monoisotopic (exact) mass is 611 g/mol. The van der Waals surface area contributed by atoms with E-state index in [1.54, 1.807) is 70.2 Å². The minimum atomic E-state index is -1.42. The first kappa shape index (κ1) is 35.9. The molecule has 0 aliphatic rings. The highest BCUT2D eigenvalue weighted by molar-refractivity contribution is 6.03. The Morgan fingerprint density at radius 3 is 1.98 bits per heavy atom. The zero-order valence-electron chi connectivity index (χ0n) is 26.4. The van der Waals surface area contributed by atoms with Gasteiger partial charge in [-0.15, -0.1) is 0 Å². The average molecular weight is 612 g/mol. The first-order chi connectivity index (χ1) is 20.8. The fourth-order valence-corrected chi connectivity index (χ4v) is 4.29. The second-order valence-electron chi connectivity index (χ2n) is 11.6. The van der Waals surface area contributed by atoms with E-state index in [2.05, 4.69) is 10.6 Å². The van der Waals surface area contributed by atoms with E-state index < -0.39 is 72.5 Å². The number of esters is 1. The average Bonchev–Trinajstić information content (AvgIpc) is 2.98. The smallest absolute Gasteiger partial charge is 0.408 e. The van der Waals surface area contributed by atoms with Crippen molar-refractivity contribution in [3.63, 3.8) is 0 Å². The van der Waals surface area contributed by atoms with Crippen LogP contribution in [0.25, 0.3) is 0 Å². The topological polar surface area (TPSA) is 151 Å². The number of benzene rings is 2. The molecule has 11 heteroatoms. The molecule has 0 saturated carbocycles. The summed E-state index contributed by atoms with van der Waals surface area (Å²) in [7, 11) is 0. The summed E-state index contributed by atoms with van der Waals surface area (Å²) in [5, 5.41) is 14.8. The van der Waals surface area contributed by atoms with Crippen LogP contribution < -0.4 is 10.6 Å². The maximum Gasteiger partial charge on any atom is 0.408 e. The van der Waals surface area contributed by atoms with Crippen molar-refractivity contribution in [2.45, 2.75) is 91.1 Å². The summed E-state index contributed by atoms with van der Waals surface area (Å²) >= 11 is 0. The van der Waals surface area contributed by atoms with E-state index in [0.717, 1.165) is 10.5 Å². The van der Waals surface area contributed by atoms with E-state index in [4.69, 9.17) is 9.47 Å². The fourth-order valence-electron chi connectivity index (χ4n) is 4.29. The van der Waals surface area contributed by atoms with Gasteiger partial charge in [-0.25, -0.2) is 9.59 Å². The van der Waals surface area contributed by atoms with Crippen LogP contribution in [-0.4, -0.2) is 70.1 Å². The first-order valence-corrected chi connectivity index (χ1v) is 14.8. The Kier molecular flexibility index (Phi) is 14.0. The van der Waals surface area contributed by atoms with E-state index in [0.29, 0.717) is 12.0 Å². The van der Waals surface area contributed by atoms with Crippen LogP contribution in [0.3, 0.4) is 0 Å². The summed E-state index contributed by atoms with van der Waals surface area (Å²) in [5.74, 6) is -3.58. The number of carbonyl (C=O) groups excluding carboxylic acids is 5. The zero-order chi connectivity index (χ0) is 32.9. The largest absolute Gasteiger partial charge is 0.459 e. The van der Waals surface area contributed by atoms with Crippen molar-refractivity contribution in [3.05, 3.63) is 71.8 Å². The number of amides is 4. The van der Waals surface area contributed by atoms with Gasteiger partial charge in [0, 0.05) is 6.42 Å². The molecule has 2 aromatic carbocycles. The Balaban J connectivity index is 2.43. The number of nitrogens with one attached hydrogen (secondary N) is 2. The van der Waals surface area contributed by atoms with Gasteiger partial charge in [-0.05, 0) is 44.7 Å². The Morgan fingerprint density at radius 2 is 1.45 bits per heavy atom. The molecule has 0 heterocycles. The molecule has 44 heavy (non-hydrogen) atoms. The van der Waals surface area contributed by atoms with Gasteiger partial charge in [0.2, 0.25) is 11.8 Å². The summed E-state index contributed by atoms with van der Waals surface area (Å²) in [4.78, 5) is 67.7. The molecule has 0 unspecified atom stereocenters. The summed E-state index contributed by atoms with van der Waals surface area (Å²) in [6, 6.07) is 14.0. The second-order valence-corrected chi connectivity index (χ2v) is 11.6. The maximum atomic E-state index is 14.2. The predicted octanol–water partition coefficient (Wildman–Crippen LogP) is 3.52. The van der Waals surface area contributed by atoms with Crippen LogP contribution in [0.2, 0.25) is 0 Å². The standard InChI is InChI=1S/C33H45N3O8/c1-7-22(2)28(35-32(42)44-33(4,5)6)30(40)36(27(38)18-19-37)26(20-24-14-10-8-11-15-24)29(39)34-23(3)31(41)43-21-25-16-12-9-13-17-25/h8-17,22-23,26,28,37H,7,18-21H2,1-6H3,(H,34,39)(H,35,42)/t22-,23+,26+,28+/m0/s1. The van der Waals surface area contributed by atoms with Gasteiger partial charge in [-0.2, -0.15) is 0 Å². The van der Waals surface area contributed by atoms with E-state index in [1.165, 1.54) is 6.92 Å². The molecule has 2 rings (SSSR count). The minimum absolute atomic E-state index is 0.000153. The predicted molar refractivity (Wildman–Crippen MR) is 164 cm³/mol. The van der Waals surface area contributed by atoms with Crippen LogP contribution >= 0.6 is 0 Å². The second kappa shape index (κ2) is 17.1. The molecule has 0 spiro atoms. The van der Waals surface area contributed by atoms with Crippen molar-refractivity contribution in [1.82, 2.24) is 15.5 Å². The third kappa shape index (κ3) is 11.4. The van der Waals surface area contributed by atoms with Crippen molar-refractivity contribution < 1.29 is 38.6 Å². The number of rotatable bonds is 14. The summed E-state index contributed by atoms with van der Waals surface area (Å²) < 4.78 is 10.7. The Labute approximate surface area is 259 Å². The lowest BCUT2D eigenvalue weighted by Gasteiger charge is -2.35. The number of nitrogens with zero attached hydrogens (tertiary/aromatic N) is 1. The SMILES string of the molecule is CC[C@H](C)[C@@H](NC(=O)OC(C)(C)C)C(=O)N(C(=O)CCO)[C@H](Cc1ccccc1)C(=O)N[C@H](C)C(=O)OCc1ccccc1. The third-order valence-electron chi connectivity index (χ3n) is 6.81. The lowest BCUT2D eigenvalue weighted by Crippen LogP contribution is -2.61. The summed E-state index contributed by atoms with van der Waals surface area (Å²) in [6.45, 7) is 9.45. The molecule has 2 aromatic rings.